The van der Waals surface area contributed by atoms with Crippen LogP contribution in [0.15, 0.2) is 24.3 Å². The van der Waals surface area contributed by atoms with Gasteiger partial charge in [0.25, 0.3) is 11.8 Å². The third kappa shape index (κ3) is 3.91. The fourth-order valence-corrected chi connectivity index (χ4v) is 4.19. The fourth-order valence-electron chi connectivity index (χ4n) is 2.88. The van der Waals surface area contributed by atoms with Gasteiger partial charge in [-0.3, -0.25) is 9.59 Å². The van der Waals surface area contributed by atoms with Gasteiger partial charge in [-0.15, -0.1) is 11.3 Å². The lowest BCUT2D eigenvalue weighted by Crippen LogP contribution is -2.23. The number of esters is 1. The van der Waals surface area contributed by atoms with E-state index in [-0.39, 0.29) is 5.56 Å². The number of hydrogen-bond acceptors (Lipinski definition) is 5. The van der Waals surface area contributed by atoms with E-state index < -0.39 is 30.2 Å². The van der Waals surface area contributed by atoms with Crippen molar-refractivity contribution in [1.82, 2.24) is 0 Å². The summed E-state index contributed by atoms with van der Waals surface area (Å²) in [6.07, 6.45) is 3.64. The normalized spacial score (nSPS) is 13.0. The van der Waals surface area contributed by atoms with Crippen molar-refractivity contribution < 1.29 is 23.5 Å². The molecule has 0 bridgehead atoms. The Morgan fingerprint density at radius 2 is 1.85 bits per heavy atom. The lowest BCUT2D eigenvalue weighted by molar-refractivity contribution is -0.119. The number of anilines is 1. The summed E-state index contributed by atoms with van der Waals surface area (Å²) in [5, 5.41) is 3.00. The van der Waals surface area contributed by atoms with Crippen LogP contribution in [0.2, 0.25) is 0 Å². The molecule has 0 unspecified atom stereocenters. The Morgan fingerprint density at radius 3 is 2.54 bits per heavy atom. The zero-order valence-corrected chi connectivity index (χ0v) is 14.7. The third-order valence-electron chi connectivity index (χ3n) is 4.08. The monoisotopic (exact) mass is 376 g/mol. The van der Waals surface area contributed by atoms with Crippen molar-refractivity contribution in [3.05, 3.63) is 51.7 Å². The first-order valence-electron chi connectivity index (χ1n) is 8.12. The largest absolute Gasteiger partial charge is 0.452 e. The van der Waals surface area contributed by atoms with E-state index in [0.29, 0.717) is 10.6 Å². The summed E-state index contributed by atoms with van der Waals surface area (Å²) in [5.41, 5.74) is 6.87. The number of amides is 2. The molecular formula is C18H17FN2O4S. The van der Waals surface area contributed by atoms with Gasteiger partial charge >= 0.3 is 5.97 Å². The molecule has 0 fully saturated rings. The van der Waals surface area contributed by atoms with Crippen molar-refractivity contribution in [3.63, 3.8) is 0 Å². The molecule has 2 aromatic rings. The molecule has 0 aliphatic heterocycles. The first kappa shape index (κ1) is 18.1. The van der Waals surface area contributed by atoms with Gasteiger partial charge in [0.2, 0.25) is 0 Å². The molecule has 0 spiro atoms. The summed E-state index contributed by atoms with van der Waals surface area (Å²) < 4.78 is 17.8. The van der Waals surface area contributed by atoms with Crippen LogP contribution in [0.4, 0.5) is 9.39 Å². The maximum Gasteiger partial charge on any atom is 0.338 e. The Kier molecular flexibility index (Phi) is 5.32. The SMILES string of the molecule is NC(=O)c1c(NC(=O)COC(=O)c2ccc(F)cc2)sc2c1CCCC2. The number of aryl methyl sites for hydroxylation is 1. The van der Waals surface area contributed by atoms with Gasteiger partial charge in [0.1, 0.15) is 10.8 Å². The van der Waals surface area contributed by atoms with Crippen molar-refractivity contribution in [2.24, 2.45) is 5.73 Å². The number of fused-ring (bicyclic) bond motifs is 1. The van der Waals surface area contributed by atoms with Crippen LogP contribution in [0, 0.1) is 5.82 Å². The number of benzene rings is 1. The van der Waals surface area contributed by atoms with Crippen molar-refractivity contribution in [2.45, 2.75) is 25.7 Å². The lowest BCUT2D eigenvalue weighted by atomic mass is 9.95. The number of carbonyl (C=O) groups is 3. The van der Waals surface area contributed by atoms with E-state index in [4.69, 9.17) is 10.5 Å². The second kappa shape index (κ2) is 7.65. The molecule has 1 aromatic heterocycles. The molecule has 2 amide bonds. The smallest absolute Gasteiger partial charge is 0.338 e. The summed E-state index contributed by atoms with van der Waals surface area (Å²) in [6, 6.07) is 4.81. The number of ether oxygens (including phenoxy) is 1. The Balaban J connectivity index is 1.65. The van der Waals surface area contributed by atoms with E-state index in [1.54, 1.807) is 0 Å². The summed E-state index contributed by atoms with van der Waals surface area (Å²) >= 11 is 1.34. The van der Waals surface area contributed by atoms with Gasteiger partial charge < -0.3 is 15.8 Å². The first-order chi connectivity index (χ1) is 12.5. The van der Waals surface area contributed by atoms with E-state index in [9.17, 15) is 18.8 Å². The predicted octanol–water partition coefficient (Wildman–Crippen LogP) is 2.66. The number of rotatable bonds is 5. The highest BCUT2D eigenvalue weighted by atomic mass is 32.1. The second-order valence-electron chi connectivity index (χ2n) is 5.91. The van der Waals surface area contributed by atoms with Crippen LogP contribution >= 0.6 is 11.3 Å². The van der Waals surface area contributed by atoms with Gasteiger partial charge in [-0.25, -0.2) is 9.18 Å². The van der Waals surface area contributed by atoms with E-state index in [1.165, 1.54) is 23.5 Å². The maximum atomic E-state index is 12.9. The molecule has 26 heavy (non-hydrogen) atoms. The number of hydrogen-bond donors (Lipinski definition) is 2. The number of halogens is 1. The van der Waals surface area contributed by atoms with E-state index in [2.05, 4.69) is 5.32 Å². The molecular weight excluding hydrogens is 359 g/mol. The number of nitrogens with one attached hydrogen (secondary N) is 1. The van der Waals surface area contributed by atoms with E-state index in [1.807, 2.05) is 0 Å². The molecule has 1 aromatic carbocycles. The Bertz CT molecular complexity index is 861. The maximum absolute atomic E-state index is 12.9. The highest BCUT2D eigenvalue weighted by Gasteiger charge is 2.25. The zero-order valence-electron chi connectivity index (χ0n) is 13.8. The molecule has 8 heteroatoms. The molecule has 1 aliphatic carbocycles. The minimum Gasteiger partial charge on any atom is -0.452 e. The van der Waals surface area contributed by atoms with Gasteiger partial charge in [-0.1, -0.05) is 0 Å². The molecule has 0 radical (unpaired) electrons. The van der Waals surface area contributed by atoms with Gasteiger partial charge in [0.15, 0.2) is 6.61 Å². The van der Waals surface area contributed by atoms with Crippen molar-refractivity contribution in [2.75, 3.05) is 11.9 Å². The minimum absolute atomic E-state index is 0.142. The quantitative estimate of drug-likeness (QED) is 0.784. The summed E-state index contributed by atoms with van der Waals surface area (Å²) in [7, 11) is 0. The van der Waals surface area contributed by atoms with Crippen molar-refractivity contribution in [1.29, 1.82) is 0 Å². The van der Waals surface area contributed by atoms with Crippen LogP contribution < -0.4 is 11.1 Å². The van der Waals surface area contributed by atoms with Gasteiger partial charge in [0, 0.05) is 4.88 Å². The van der Waals surface area contributed by atoms with Gasteiger partial charge in [-0.05, 0) is 55.5 Å². The van der Waals surface area contributed by atoms with Crippen molar-refractivity contribution in [3.8, 4) is 0 Å². The molecule has 0 saturated heterocycles. The summed E-state index contributed by atoms with van der Waals surface area (Å²) in [4.78, 5) is 36.8. The summed E-state index contributed by atoms with van der Waals surface area (Å²) in [6.45, 7) is -0.517. The third-order valence-corrected chi connectivity index (χ3v) is 5.29. The van der Waals surface area contributed by atoms with E-state index in [0.717, 1.165) is 48.3 Å². The average molecular weight is 376 g/mol. The van der Waals surface area contributed by atoms with Crippen LogP contribution in [0.25, 0.3) is 0 Å². The van der Waals surface area contributed by atoms with Crippen LogP contribution in [-0.4, -0.2) is 24.4 Å². The van der Waals surface area contributed by atoms with Gasteiger partial charge in [0.05, 0.1) is 11.1 Å². The predicted molar refractivity (Wildman–Crippen MR) is 94.8 cm³/mol. The van der Waals surface area contributed by atoms with Crippen LogP contribution in [0.1, 0.15) is 44.0 Å². The van der Waals surface area contributed by atoms with Crippen LogP contribution in [0.5, 0.6) is 0 Å². The Labute approximate surface area is 153 Å². The molecule has 1 aliphatic rings. The molecule has 0 saturated carbocycles. The topological polar surface area (TPSA) is 98.5 Å². The standard InChI is InChI=1S/C18H17FN2O4S/c19-11-7-5-10(6-8-11)18(24)25-9-14(22)21-17-15(16(20)23)12-3-1-2-4-13(12)26-17/h5-8H,1-4,9H2,(H2,20,23)(H,21,22). The van der Waals surface area contributed by atoms with Gasteiger partial charge in [-0.2, -0.15) is 0 Å². The summed E-state index contributed by atoms with van der Waals surface area (Å²) in [5.74, 6) is -2.36. The average Bonchev–Trinajstić information content (AvgIpc) is 2.98. The van der Waals surface area contributed by atoms with Crippen LogP contribution in [-0.2, 0) is 22.4 Å². The van der Waals surface area contributed by atoms with Crippen LogP contribution in [0.3, 0.4) is 0 Å². The highest BCUT2D eigenvalue weighted by molar-refractivity contribution is 7.17. The molecule has 3 N–H and O–H groups in total. The zero-order chi connectivity index (χ0) is 18.7. The van der Waals surface area contributed by atoms with E-state index >= 15 is 0 Å². The number of primary amides is 1. The highest BCUT2D eigenvalue weighted by Crippen LogP contribution is 2.37. The minimum atomic E-state index is -0.735. The molecule has 136 valence electrons. The van der Waals surface area contributed by atoms with Crippen molar-refractivity contribution >= 4 is 34.1 Å². The fraction of sp³-hybridized carbons (Fsp3) is 0.278. The Hall–Kier alpha value is -2.74. The first-order valence-corrected chi connectivity index (χ1v) is 8.94. The number of thiophene rings is 1. The molecule has 3 rings (SSSR count). The second-order valence-corrected chi connectivity index (χ2v) is 7.02. The lowest BCUT2D eigenvalue weighted by Gasteiger charge is -2.11. The Morgan fingerprint density at radius 1 is 1.15 bits per heavy atom. The molecule has 0 atom stereocenters. The molecule has 1 heterocycles. The molecule has 6 nitrogen and oxygen atoms in total. The number of nitrogens with two attached hydrogens (primary N) is 1. The number of carbonyl (C=O) groups excluding carboxylic acids is 3.